The molecule has 1 N–H and O–H groups in total. The Kier molecular flexibility index (Phi) is 4.11. The Bertz CT molecular complexity index is 329. The van der Waals surface area contributed by atoms with Crippen molar-refractivity contribution in [3.63, 3.8) is 0 Å². The van der Waals surface area contributed by atoms with E-state index in [9.17, 15) is 14.0 Å². The zero-order chi connectivity index (χ0) is 12.3. The van der Waals surface area contributed by atoms with Crippen LogP contribution >= 0.6 is 0 Å². The number of halogens is 2. The van der Waals surface area contributed by atoms with Crippen molar-refractivity contribution >= 4 is 0 Å². The number of hydrogen-bond donors (Lipinski definition) is 1. The second-order valence-corrected chi connectivity index (χ2v) is 5.07. The number of nitrogens with one attached hydrogen (secondary N) is 1. The van der Waals surface area contributed by atoms with Crippen molar-refractivity contribution in [1.29, 1.82) is 5.26 Å². The quantitative estimate of drug-likeness (QED) is 0.805. The molecule has 0 aromatic rings. The van der Waals surface area contributed by atoms with Gasteiger partial charge in [-0.25, -0.2) is 8.78 Å². The minimum Gasteiger partial charge on any atom is -0.317 e. The molecule has 0 amide bonds. The van der Waals surface area contributed by atoms with Gasteiger partial charge in [-0.1, -0.05) is 0 Å². The highest BCUT2D eigenvalue weighted by Gasteiger charge is 2.34. The second-order valence-electron chi connectivity index (χ2n) is 5.07. The first-order valence-corrected chi connectivity index (χ1v) is 6.31. The molecule has 1 aliphatic heterocycles. The molecule has 1 fully saturated rings. The molecule has 1 heterocycles. The molecule has 0 spiro atoms. The first-order chi connectivity index (χ1) is 8.20. The van der Waals surface area contributed by atoms with Gasteiger partial charge in [-0.05, 0) is 50.3 Å². The summed E-state index contributed by atoms with van der Waals surface area (Å²) in [4.78, 5) is 0. The summed E-state index contributed by atoms with van der Waals surface area (Å²) < 4.78 is 26.6. The molecule has 1 aliphatic carbocycles. The molecule has 0 radical (unpaired) electrons. The average molecular weight is 240 g/mol. The molecule has 0 aromatic heterocycles. The highest BCUT2D eigenvalue weighted by atomic mass is 19.1. The average Bonchev–Trinajstić information content (AvgIpc) is 2.30. The highest BCUT2D eigenvalue weighted by Crippen LogP contribution is 2.37. The van der Waals surface area contributed by atoms with Crippen molar-refractivity contribution in [2.24, 2.45) is 17.8 Å². The van der Waals surface area contributed by atoms with E-state index in [-0.39, 0.29) is 24.1 Å². The van der Waals surface area contributed by atoms with Crippen molar-refractivity contribution < 1.29 is 8.78 Å². The molecule has 94 valence electrons. The molecule has 17 heavy (non-hydrogen) atoms. The zero-order valence-electron chi connectivity index (χ0n) is 9.83. The summed E-state index contributed by atoms with van der Waals surface area (Å²) in [7, 11) is 0. The third kappa shape index (κ3) is 3.04. The SMILES string of the molecule is N#CC(C1CCNCC1)C1CC(F)=CC(F)C1. The normalized spacial score (nSPS) is 32.6. The largest absolute Gasteiger partial charge is 0.317 e. The lowest BCUT2D eigenvalue weighted by Crippen LogP contribution is -2.35. The van der Waals surface area contributed by atoms with E-state index in [1.54, 1.807) is 0 Å². The lowest BCUT2D eigenvalue weighted by atomic mass is 9.73. The van der Waals surface area contributed by atoms with Crippen molar-refractivity contribution in [3.8, 4) is 6.07 Å². The fraction of sp³-hybridized carbons (Fsp3) is 0.769. The van der Waals surface area contributed by atoms with Crippen molar-refractivity contribution in [2.45, 2.75) is 31.9 Å². The van der Waals surface area contributed by atoms with Gasteiger partial charge >= 0.3 is 0 Å². The Morgan fingerprint density at radius 1 is 1.35 bits per heavy atom. The molecule has 2 rings (SSSR count). The van der Waals surface area contributed by atoms with Crippen LogP contribution in [0.25, 0.3) is 0 Å². The Morgan fingerprint density at radius 3 is 2.65 bits per heavy atom. The van der Waals surface area contributed by atoms with Crippen LogP contribution in [0.5, 0.6) is 0 Å². The van der Waals surface area contributed by atoms with E-state index in [0.29, 0.717) is 12.3 Å². The smallest absolute Gasteiger partial charge is 0.121 e. The fourth-order valence-corrected chi connectivity index (χ4v) is 3.03. The van der Waals surface area contributed by atoms with E-state index < -0.39 is 6.17 Å². The van der Waals surface area contributed by atoms with Gasteiger partial charge < -0.3 is 5.32 Å². The van der Waals surface area contributed by atoms with Crippen molar-refractivity contribution in [1.82, 2.24) is 5.32 Å². The molecule has 2 aliphatic rings. The number of alkyl halides is 1. The van der Waals surface area contributed by atoms with E-state index in [2.05, 4.69) is 11.4 Å². The van der Waals surface area contributed by atoms with Crippen LogP contribution in [0, 0.1) is 29.1 Å². The van der Waals surface area contributed by atoms with Gasteiger partial charge in [-0.3, -0.25) is 0 Å². The topological polar surface area (TPSA) is 35.8 Å². The Labute approximate surface area is 101 Å². The van der Waals surface area contributed by atoms with E-state index in [1.165, 1.54) is 0 Å². The van der Waals surface area contributed by atoms with Crippen LogP contribution in [-0.2, 0) is 0 Å². The maximum Gasteiger partial charge on any atom is 0.121 e. The molecule has 0 saturated carbocycles. The monoisotopic (exact) mass is 240 g/mol. The molecular weight excluding hydrogens is 222 g/mol. The van der Waals surface area contributed by atoms with Crippen molar-refractivity contribution in [2.75, 3.05) is 13.1 Å². The molecule has 3 atom stereocenters. The molecule has 3 unspecified atom stereocenters. The van der Waals surface area contributed by atoms with Gasteiger partial charge in [-0.2, -0.15) is 5.26 Å². The minimum atomic E-state index is -1.22. The first kappa shape index (κ1) is 12.5. The third-order valence-electron chi connectivity index (χ3n) is 3.90. The molecule has 4 heteroatoms. The summed E-state index contributed by atoms with van der Waals surface area (Å²) in [5, 5.41) is 12.5. The lowest BCUT2D eigenvalue weighted by Gasteiger charge is -2.33. The number of rotatable bonds is 2. The summed E-state index contributed by atoms with van der Waals surface area (Å²) in [6, 6.07) is 2.29. The Morgan fingerprint density at radius 2 is 2.06 bits per heavy atom. The molecule has 2 nitrogen and oxygen atoms in total. The van der Waals surface area contributed by atoms with Gasteiger partial charge in [0.2, 0.25) is 0 Å². The fourth-order valence-electron chi connectivity index (χ4n) is 3.03. The number of allylic oxidation sites excluding steroid dienone is 2. The van der Waals surface area contributed by atoms with E-state index in [1.807, 2.05) is 0 Å². The van der Waals surface area contributed by atoms with Crippen LogP contribution in [0.1, 0.15) is 25.7 Å². The predicted octanol–water partition coefficient (Wildman–Crippen LogP) is 2.73. The summed E-state index contributed by atoms with van der Waals surface area (Å²) in [5.41, 5.74) is 0. The maximum absolute atomic E-state index is 13.3. The molecule has 0 bridgehead atoms. The number of nitriles is 1. The van der Waals surface area contributed by atoms with Crippen LogP contribution in [-0.4, -0.2) is 19.3 Å². The molecular formula is C13H18F2N2. The number of hydrogen-bond acceptors (Lipinski definition) is 2. The van der Waals surface area contributed by atoms with E-state index >= 15 is 0 Å². The van der Waals surface area contributed by atoms with Crippen molar-refractivity contribution in [3.05, 3.63) is 11.9 Å². The number of nitrogens with zero attached hydrogens (tertiary/aromatic N) is 1. The van der Waals surface area contributed by atoms with E-state index in [4.69, 9.17) is 0 Å². The Hall–Kier alpha value is -0.950. The maximum atomic E-state index is 13.3. The predicted molar refractivity (Wildman–Crippen MR) is 61.5 cm³/mol. The third-order valence-corrected chi connectivity index (χ3v) is 3.90. The van der Waals surface area contributed by atoms with Crippen LogP contribution in [0.2, 0.25) is 0 Å². The standard InChI is InChI=1S/C13H18F2N2/c14-11-5-10(6-12(15)7-11)13(8-16)9-1-3-17-4-2-9/h7,9-11,13,17H,1-6H2. The summed E-state index contributed by atoms with van der Waals surface area (Å²) in [6.07, 6.45) is 2.26. The van der Waals surface area contributed by atoms with Crippen LogP contribution < -0.4 is 5.32 Å². The Balaban J connectivity index is 2.03. The summed E-state index contributed by atoms with van der Waals surface area (Å²) in [6.45, 7) is 1.82. The first-order valence-electron chi connectivity index (χ1n) is 6.31. The van der Waals surface area contributed by atoms with Gasteiger partial charge in [0.05, 0.1) is 17.8 Å². The van der Waals surface area contributed by atoms with Gasteiger partial charge in [0.25, 0.3) is 0 Å². The molecule has 1 saturated heterocycles. The van der Waals surface area contributed by atoms with Crippen LogP contribution in [0.4, 0.5) is 8.78 Å². The minimum absolute atomic E-state index is 0.150. The van der Waals surface area contributed by atoms with E-state index in [0.717, 1.165) is 32.0 Å². The summed E-state index contributed by atoms with van der Waals surface area (Å²) >= 11 is 0. The second kappa shape index (κ2) is 5.59. The highest BCUT2D eigenvalue weighted by molar-refractivity contribution is 5.08. The number of piperidine rings is 1. The van der Waals surface area contributed by atoms with Crippen LogP contribution in [0.15, 0.2) is 11.9 Å². The van der Waals surface area contributed by atoms with Gasteiger partial charge in [-0.15, -0.1) is 0 Å². The van der Waals surface area contributed by atoms with Gasteiger partial charge in [0.15, 0.2) is 0 Å². The van der Waals surface area contributed by atoms with Gasteiger partial charge in [0.1, 0.15) is 6.17 Å². The van der Waals surface area contributed by atoms with Crippen LogP contribution in [0.3, 0.4) is 0 Å². The molecule has 0 aromatic carbocycles. The lowest BCUT2D eigenvalue weighted by molar-refractivity contribution is 0.178. The zero-order valence-corrected chi connectivity index (χ0v) is 9.83. The summed E-state index contributed by atoms with van der Waals surface area (Å²) in [5.74, 6) is -0.440. The van der Waals surface area contributed by atoms with Gasteiger partial charge in [0, 0.05) is 6.42 Å².